The quantitative estimate of drug-likeness (QED) is 0.833. The standard InChI is InChI=1S/C13H12Cl2N2O/c1-17(13(8-16)6-3-7-13)12(18)9-4-2-5-10(14)11(9)15/h2,4-5H,3,6-7H2,1H3. The van der Waals surface area contributed by atoms with E-state index in [4.69, 9.17) is 23.2 Å². The first-order valence-electron chi connectivity index (χ1n) is 5.65. The van der Waals surface area contributed by atoms with Gasteiger partial charge in [0, 0.05) is 7.05 Å². The summed E-state index contributed by atoms with van der Waals surface area (Å²) in [6.45, 7) is 0. The van der Waals surface area contributed by atoms with Crippen molar-refractivity contribution in [1.29, 1.82) is 5.26 Å². The Balaban J connectivity index is 2.32. The number of carbonyl (C=O) groups is 1. The summed E-state index contributed by atoms with van der Waals surface area (Å²) in [6, 6.07) is 7.16. The molecule has 5 heteroatoms. The highest BCUT2D eigenvalue weighted by Gasteiger charge is 2.43. The fourth-order valence-corrected chi connectivity index (χ4v) is 2.46. The van der Waals surface area contributed by atoms with E-state index in [9.17, 15) is 10.1 Å². The SMILES string of the molecule is CN(C(=O)c1cccc(Cl)c1Cl)C1(C#N)CCC1. The monoisotopic (exact) mass is 282 g/mol. The predicted molar refractivity (Wildman–Crippen MR) is 70.8 cm³/mol. The van der Waals surface area contributed by atoms with Crippen LogP contribution in [-0.2, 0) is 0 Å². The van der Waals surface area contributed by atoms with Gasteiger partial charge in [0.2, 0.25) is 0 Å². The molecule has 0 radical (unpaired) electrons. The Morgan fingerprint density at radius 2 is 2.11 bits per heavy atom. The van der Waals surface area contributed by atoms with Crippen molar-refractivity contribution in [3.63, 3.8) is 0 Å². The van der Waals surface area contributed by atoms with E-state index >= 15 is 0 Å². The summed E-state index contributed by atoms with van der Waals surface area (Å²) >= 11 is 11.9. The van der Waals surface area contributed by atoms with E-state index in [1.807, 2.05) is 0 Å². The number of amides is 1. The van der Waals surface area contributed by atoms with Crippen LogP contribution < -0.4 is 0 Å². The van der Waals surface area contributed by atoms with Crippen LogP contribution in [0.15, 0.2) is 18.2 Å². The number of nitrogens with zero attached hydrogens (tertiary/aromatic N) is 2. The average molecular weight is 283 g/mol. The van der Waals surface area contributed by atoms with Crippen LogP contribution in [0.5, 0.6) is 0 Å². The zero-order valence-corrected chi connectivity index (χ0v) is 11.4. The van der Waals surface area contributed by atoms with E-state index in [0.717, 1.165) is 6.42 Å². The zero-order valence-electron chi connectivity index (χ0n) is 9.91. The van der Waals surface area contributed by atoms with Crippen molar-refractivity contribution in [3.8, 4) is 6.07 Å². The van der Waals surface area contributed by atoms with Crippen LogP contribution in [0.2, 0.25) is 10.0 Å². The van der Waals surface area contributed by atoms with Gasteiger partial charge in [0.1, 0.15) is 5.54 Å². The fraction of sp³-hybridized carbons (Fsp3) is 0.385. The molecule has 0 spiro atoms. The molecule has 1 aliphatic rings. The molecule has 0 bridgehead atoms. The molecule has 0 N–H and O–H groups in total. The van der Waals surface area contributed by atoms with Gasteiger partial charge >= 0.3 is 0 Å². The maximum atomic E-state index is 12.3. The van der Waals surface area contributed by atoms with Crippen molar-refractivity contribution in [1.82, 2.24) is 4.90 Å². The summed E-state index contributed by atoms with van der Waals surface area (Å²) in [6.07, 6.45) is 2.39. The van der Waals surface area contributed by atoms with Gasteiger partial charge in [0.15, 0.2) is 0 Å². The van der Waals surface area contributed by atoms with Crippen LogP contribution in [0.1, 0.15) is 29.6 Å². The molecule has 0 saturated heterocycles. The fourth-order valence-electron chi connectivity index (χ4n) is 2.08. The lowest BCUT2D eigenvalue weighted by Crippen LogP contribution is -2.53. The smallest absolute Gasteiger partial charge is 0.256 e. The molecule has 1 fully saturated rings. The van der Waals surface area contributed by atoms with Gasteiger partial charge in [-0.25, -0.2) is 0 Å². The topological polar surface area (TPSA) is 44.1 Å². The third kappa shape index (κ3) is 1.96. The minimum Gasteiger partial charge on any atom is -0.323 e. The molecule has 1 saturated carbocycles. The van der Waals surface area contributed by atoms with Crippen LogP contribution in [0.4, 0.5) is 0 Å². The van der Waals surface area contributed by atoms with Gasteiger partial charge in [0.05, 0.1) is 21.7 Å². The van der Waals surface area contributed by atoms with Gasteiger partial charge < -0.3 is 4.90 Å². The van der Waals surface area contributed by atoms with E-state index in [2.05, 4.69) is 6.07 Å². The Hall–Kier alpha value is -1.24. The van der Waals surface area contributed by atoms with Crippen LogP contribution >= 0.6 is 23.2 Å². The third-order valence-corrected chi connectivity index (χ3v) is 4.34. The van der Waals surface area contributed by atoms with Gasteiger partial charge in [-0.15, -0.1) is 0 Å². The molecule has 1 aromatic rings. The van der Waals surface area contributed by atoms with E-state index in [0.29, 0.717) is 23.4 Å². The largest absolute Gasteiger partial charge is 0.323 e. The van der Waals surface area contributed by atoms with Gasteiger partial charge in [0.25, 0.3) is 5.91 Å². The first kappa shape index (κ1) is 13.2. The van der Waals surface area contributed by atoms with E-state index in [1.54, 1.807) is 25.2 Å². The number of hydrogen-bond acceptors (Lipinski definition) is 2. The minimum atomic E-state index is -0.678. The second-order valence-corrected chi connectivity index (χ2v) is 5.25. The summed E-state index contributed by atoms with van der Waals surface area (Å²) in [4.78, 5) is 13.8. The van der Waals surface area contributed by atoms with E-state index in [-0.39, 0.29) is 10.9 Å². The Labute approximate surface area is 116 Å². The maximum absolute atomic E-state index is 12.3. The summed E-state index contributed by atoms with van der Waals surface area (Å²) in [5.41, 5.74) is -0.337. The molecule has 0 heterocycles. The van der Waals surface area contributed by atoms with Crippen molar-refractivity contribution in [3.05, 3.63) is 33.8 Å². The normalized spacial score (nSPS) is 16.6. The van der Waals surface area contributed by atoms with E-state index < -0.39 is 5.54 Å². The van der Waals surface area contributed by atoms with Crippen molar-refractivity contribution >= 4 is 29.1 Å². The van der Waals surface area contributed by atoms with Crippen LogP contribution in [-0.4, -0.2) is 23.4 Å². The molecule has 1 amide bonds. The molecule has 1 aliphatic carbocycles. The molecule has 0 aromatic heterocycles. The highest BCUT2D eigenvalue weighted by Crippen LogP contribution is 2.38. The van der Waals surface area contributed by atoms with Gasteiger partial charge in [-0.1, -0.05) is 29.3 Å². The molecule has 18 heavy (non-hydrogen) atoms. The zero-order chi connectivity index (χ0) is 13.3. The Morgan fingerprint density at radius 3 is 2.61 bits per heavy atom. The van der Waals surface area contributed by atoms with Crippen LogP contribution in [0.25, 0.3) is 0 Å². The van der Waals surface area contributed by atoms with Gasteiger partial charge in [-0.2, -0.15) is 5.26 Å². The Bertz CT molecular complexity index is 532. The molecule has 3 nitrogen and oxygen atoms in total. The highest BCUT2D eigenvalue weighted by atomic mass is 35.5. The molecule has 2 rings (SSSR count). The van der Waals surface area contributed by atoms with Crippen molar-refractivity contribution < 1.29 is 4.79 Å². The number of benzene rings is 1. The maximum Gasteiger partial charge on any atom is 0.256 e. The third-order valence-electron chi connectivity index (χ3n) is 3.52. The summed E-state index contributed by atoms with van der Waals surface area (Å²) in [7, 11) is 1.64. The first-order chi connectivity index (χ1) is 8.52. The number of halogens is 2. The van der Waals surface area contributed by atoms with E-state index in [1.165, 1.54) is 4.90 Å². The lowest BCUT2D eigenvalue weighted by Gasteiger charge is -2.43. The van der Waals surface area contributed by atoms with Crippen molar-refractivity contribution in [2.75, 3.05) is 7.05 Å². The molecule has 0 aliphatic heterocycles. The Morgan fingerprint density at radius 1 is 1.44 bits per heavy atom. The van der Waals surface area contributed by atoms with Crippen molar-refractivity contribution in [2.24, 2.45) is 0 Å². The number of hydrogen-bond donors (Lipinski definition) is 0. The molecule has 0 atom stereocenters. The second kappa shape index (κ2) is 4.79. The summed E-state index contributed by atoms with van der Waals surface area (Å²) in [5, 5.41) is 9.81. The second-order valence-electron chi connectivity index (χ2n) is 4.46. The number of nitriles is 1. The predicted octanol–water partition coefficient (Wildman–Crippen LogP) is 3.51. The lowest BCUT2D eigenvalue weighted by molar-refractivity contribution is 0.0498. The van der Waals surface area contributed by atoms with Gasteiger partial charge in [-0.05, 0) is 31.4 Å². The molecular formula is C13H12Cl2N2O. The Kier molecular flexibility index (Phi) is 3.52. The van der Waals surface area contributed by atoms with Crippen LogP contribution in [0.3, 0.4) is 0 Å². The molecular weight excluding hydrogens is 271 g/mol. The van der Waals surface area contributed by atoms with Crippen LogP contribution in [0, 0.1) is 11.3 Å². The molecule has 94 valence electrons. The summed E-state index contributed by atoms with van der Waals surface area (Å²) < 4.78 is 0. The summed E-state index contributed by atoms with van der Waals surface area (Å²) in [5.74, 6) is -0.260. The molecule has 1 aromatic carbocycles. The highest BCUT2D eigenvalue weighted by molar-refractivity contribution is 6.43. The van der Waals surface area contributed by atoms with Gasteiger partial charge in [-0.3, -0.25) is 4.79 Å². The number of rotatable bonds is 2. The lowest BCUT2D eigenvalue weighted by atomic mass is 9.76. The molecule has 0 unspecified atom stereocenters. The minimum absolute atomic E-state index is 0.239. The van der Waals surface area contributed by atoms with Crippen molar-refractivity contribution in [2.45, 2.75) is 24.8 Å². The average Bonchev–Trinajstić information content (AvgIpc) is 2.31. The number of carbonyl (C=O) groups excluding carboxylic acids is 1. The first-order valence-corrected chi connectivity index (χ1v) is 6.41.